The van der Waals surface area contributed by atoms with Crippen molar-refractivity contribution in [1.29, 1.82) is 0 Å². The molecule has 0 aliphatic rings. The lowest BCUT2D eigenvalue weighted by atomic mass is 9.94. The summed E-state index contributed by atoms with van der Waals surface area (Å²) in [7, 11) is 0. The van der Waals surface area contributed by atoms with Crippen molar-refractivity contribution in [3.05, 3.63) is 170 Å². The number of hydrogen-bond acceptors (Lipinski definition) is 5. The molecular weight excluding hydrogens is 617 g/mol. The standard InChI is InChI=1S/C44H28N4S/c1-4-15-30(16-5-1)41-46-42(31-17-6-2-7-18-31)48-43(47-41)34-23-12-22-33(26-34)38-27-35(37-25-13-21-29-14-10-11-24-36(29)37)28-39-40(38)45-44(49-39)32-19-8-3-9-20-32/h1-28H. The average Bonchev–Trinajstić information content (AvgIpc) is 3.63. The maximum absolute atomic E-state index is 5.24. The van der Waals surface area contributed by atoms with Gasteiger partial charge >= 0.3 is 0 Å². The van der Waals surface area contributed by atoms with Crippen LogP contribution >= 0.6 is 11.3 Å². The van der Waals surface area contributed by atoms with Crippen molar-refractivity contribution in [2.45, 2.75) is 0 Å². The lowest BCUT2D eigenvalue weighted by molar-refractivity contribution is 1.07. The quantitative estimate of drug-likeness (QED) is 0.181. The molecule has 0 radical (unpaired) electrons. The molecular formula is C44H28N4S. The van der Waals surface area contributed by atoms with Crippen LogP contribution in [0.1, 0.15) is 0 Å². The van der Waals surface area contributed by atoms with E-state index in [0.29, 0.717) is 17.5 Å². The van der Waals surface area contributed by atoms with Crippen LogP contribution in [0.4, 0.5) is 0 Å². The van der Waals surface area contributed by atoms with Crippen molar-refractivity contribution in [1.82, 2.24) is 19.9 Å². The molecule has 0 unspecified atom stereocenters. The van der Waals surface area contributed by atoms with Crippen LogP contribution in [0.3, 0.4) is 0 Å². The van der Waals surface area contributed by atoms with Crippen LogP contribution in [0.15, 0.2) is 170 Å². The number of benzene rings is 7. The molecule has 9 aromatic rings. The monoisotopic (exact) mass is 644 g/mol. The molecule has 0 saturated carbocycles. The molecule has 49 heavy (non-hydrogen) atoms. The van der Waals surface area contributed by atoms with Gasteiger partial charge in [-0.1, -0.05) is 152 Å². The molecule has 230 valence electrons. The lowest BCUT2D eigenvalue weighted by Crippen LogP contribution is -2.00. The smallest absolute Gasteiger partial charge is 0.164 e. The van der Waals surface area contributed by atoms with Gasteiger partial charge in [-0.3, -0.25) is 0 Å². The Kier molecular flexibility index (Phi) is 7.30. The van der Waals surface area contributed by atoms with Gasteiger partial charge < -0.3 is 0 Å². The van der Waals surface area contributed by atoms with Crippen LogP contribution in [0, 0.1) is 0 Å². The molecule has 2 heterocycles. The van der Waals surface area contributed by atoms with E-state index < -0.39 is 0 Å². The third-order valence-electron chi connectivity index (χ3n) is 8.75. The number of fused-ring (bicyclic) bond motifs is 2. The Labute approximate surface area is 288 Å². The first-order valence-corrected chi connectivity index (χ1v) is 17.0. The van der Waals surface area contributed by atoms with Crippen LogP contribution in [-0.4, -0.2) is 19.9 Å². The van der Waals surface area contributed by atoms with E-state index in [1.807, 2.05) is 66.7 Å². The van der Waals surface area contributed by atoms with E-state index >= 15 is 0 Å². The second kappa shape index (κ2) is 12.4. The van der Waals surface area contributed by atoms with Crippen LogP contribution in [0.5, 0.6) is 0 Å². The van der Waals surface area contributed by atoms with Gasteiger partial charge in [0.05, 0.1) is 10.2 Å². The largest absolute Gasteiger partial charge is 0.235 e. The Morgan fingerprint density at radius 1 is 0.347 bits per heavy atom. The fraction of sp³-hybridized carbons (Fsp3) is 0. The topological polar surface area (TPSA) is 51.6 Å². The molecule has 0 amide bonds. The minimum Gasteiger partial charge on any atom is -0.235 e. The van der Waals surface area contributed by atoms with Crippen LogP contribution in [-0.2, 0) is 0 Å². The van der Waals surface area contributed by atoms with Crippen molar-refractivity contribution in [3.8, 4) is 67.0 Å². The van der Waals surface area contributed by atoms with Crippen molar-refractivity contribution in [2.75, 3.05) is 0 Å². The summed E-state index contributed by atoms with van der Waals surface area (Å²) in [6, 6.07) is 58.8. The summed E-state index contributed by atoms with van der Waals surface area (Å²) in [5.74, 6) is 1.91. The summed E-state index contributed by atoms with van der Waals surface area (Å²) in [6.07, 6.45) is 0. The number of hydrogen-bond donors (Lipinski definition) is 0. The first kappa shape index (κ1) is 28.9. The molecule has 0 bridgehead atoms. The van der Waals surface area contributed by atoms with Gasteiger partial charge in [-0.15, -0.1) is 11.3 Å². The van der Waals surface area contributed by atoms with Gasteiger partial charge in [0.15, 0.2) is 17.5 Å². The zero-order valence-electron chi connectivity index (χ0n) is 26.4. The minimum absolute atomic E-state index is 0.624. The first-order valence-electron chi connectivity index (χ1n) is 16.2. The van der Waals surface area contributed by atoms with Crippen molar-refractivity contribution in [3.63, 3.8) is 0 Å². The maximum atomic E-state index is 5.24. The minimum atomic E-state index is 0.624. The Morgan fingerprint density at radius 2 is 0.878 bits per heavy atom. The molecule has 4 nitrogen and oxygen atoms in total. The highest BCUT2D eigenvalue weighted by molar-refractivity contribution is 7.21. The van der Waals surface area contributed by atoms with Crippen LogP contribution in [0.2, 0.25) is 0 Å². The maximum Gasteiger partial charge on any atom is 0.164 e. The number of nitrogens with zero attached hydrogens (tertiary/aromatic N) is 4. The summed E-state index contributed by atoms with van der Waals surface area (Å²) in [5.41, 5.74) is 9.38. The Balaban J connectivity index is 1.24. The predicted molar refractivity (Wildman–Crippen MR) is 203 cm³/mol. The van der Waals surface area contributed by atoms with E-state index in [1.54, 1.807) is 11.3 Å². The second-order valence-corrected chi connectivity index (χ2v) is 12.9. The molecule has 0 N–H and O–H groups in total. The molecule has 0 saturated heterocycles. The van der Waals surface area contributed by atoms with Gasteiger partial charge in [0, 0.05) is 27.8 Å². The van der Waals surface area contributed by atoms with Crippen molar-refractivity contribution in [2.24, 2.45) is 0 Å². The van der Waals surface area contributed by atoms with E-state index in [4.69, 9.17) is 19.9 Å². The van der Waals surface area contributed by atoms with E-state index in [1.165, 1.54) is 16.3 Å². The van der Waals surface area contributed by atoms with E-state index in [-0.39, 0.29) is 0 Å². The molecule has 2 aromatic heterocycles. The normalized spacial score (nSPS) is 11.3. The van der Waals surface area contributed by atoms with Gasteiger partial charge in [-0.2, -0.15) is 0 Å². The highest BCUT2D eigenvalue weighted by Gasteiger charge is 2.17. The third kappa shape index (κ3) is 5.56. The summed E-state index contributed by atoms with van der Waals surface area (Å²) < 4.78 is 1.14. The summed E-state index contributed by atoms with van der Waals surface area (Å²) in [4.78, 5) is 20.1. The van der Waals surface area contributed by atoms with Gasteiger partial charge in [0.2, 0.25) is 0 Å². The van der Waals surface area contributed by atoms with Crippen molar-refractivity contribution < 1.29 is 0 Å². The van der Waals surface area contributed by atoms with E-state index in [2.05, 4.69) is 103 Å². The van der Waals surface area contributed by atoms with Gasteiger partial charge in [-0.25, -0.2) is 19.9 Å². The molecule has 0 aliphatic heterocycles. The number of aromatic nitrogens is 4. The number of thiazole rings is 1. The fourth-order valence-corrected chi connectivity index (χ4v) is 7.39. The molecule has 0 atom stereocenters. The highest BCUT2D eigenvalue weighted by atomic mass is 32.1. The zero-order chi connectivity index (χ0) is 32.6. The van der Waals surface area contributed by atoms with Gasteiger partial charge in [0.1, 0.15) is 5.01 Å². The summed E-state index contributed by atoms with van der Waals surface area (Å²) in [5, 5.41) is 3.45. The van der Waals surface area contributed by atoms with Gasteiger partial charge in [-0.05, 0) is 45.7 Å². The summed E-state index contributed by atoms with van der Waals surface area (Å²) in [6.45, 7) is 0. The third-order valence-corrected chi connectivity index (χ3v) is 9.80. The molecule has 0 fully saturated rings. The molecule has 0 spiro atoms. The molecule has 7 aromatic carbocycles. The first-order chi connectivity index (χ1) is 24.3. The predicted octanol–water partition coefficient (Wildman–Crippen LogP) is 11.6. The lowest BCUT2D eigenvalue weighted by Gasteiger charge is -2.12. The molecule has 0 aliphatic carbocycles. The Bertz CT molecular complexity index is 2530. The highest BCUT2D eigenvalue weighted by Crippen LogP contribution is 2.41. The Hall–Kier alpha value is -6.30. The SMILES string of the molecule is c1ccc(-c2nc(-c3ccccc3)nc(-c3cccc(-c4cc(-c5cccc6ccccc56)cc5sc(-c6ccccc6)nc45)c3)n2)cc1. The number of rotatable bonds is 6. The van der Waals surface area contributed by atoms with Crippen molar-refractivity contribution >= 4 is 32.3 Å². The molecule has 9 rings (SSSR count). The van der Waals surface area contributed by atoms with E-state index in [9.17, 15) is 0 Å². The van der Waals surface area contributed by atoms with E-state index in [0.717, 1.165) is 54.2 Å². The molecule has 5 heteroatoms. The van der Waals surface area contributed by atoms with Crippen LogP contribution < -0.4 is 0 Å². The fourth-order valence-electron chi connectivity index (χ4n) is 6.35. The average molecular weight is 645 g/mol. The zero-order valence-corrected chi connectivity index (χ0v) is 27.2. The van der Waals surface area contributed by atoms with Gasteiger partial charge in [0.25, 0.3) is 0 Å². The summed E-state index contributed by atoms with van der Waals surface area (Å²) >= 11 is 1.73. The Morgan fingerprint density at radius 3 is 1.57 bits per heavy atom. The van der Waals surface area contributed by atoms with Crippen LogP contribution in [0.25, 0.3) is 88.0 Å². The second-order valence-electron chi connectivity index (χ2n) is 11.9.